The highest BCUT2D eigenvalue weighted by atomic mass is 79.9. The monoisotopic (exact) mass is 299 g/mol. The van der Waals surface area contributed by atoms with Crippen molar-refractivity contribution < 1.29 is 9.84 Å². The van der Waals surface area contributed by atoms with E-state index in [0.29, 0.717) is 5.75 Å². The van der Waals surface area contributed by atoms with Crippen LogP contribution in [-0.4, -0.2) is 18.3 Å². The van der Waals surface area contributed by atoms with Crippen molar-refractivity contribution >= 4 is 15.9 Å². The molecule has 94 valence electrons. The number of aryl methyl sites for hydroxylation is 1. The largest absolute Gasteiger partial charge is 0.504 e. The smallest absolute Gasteiger partial charge is 0.174 e. The minimum atomic E-state index is 0.0455. The summed E-state index contributed by atoms with van der Waals surface area (Å²) in [5.41, 5.74) is 8.40. The summed E-state index contributed by atoms with van der Waals surface area (Å²) in [6, 6.07) is 1.85. The van der Waals surface area contributed by atoms with E-state index in [-0.39, 0.29) is 17.2 Å². The number of rotatable bonds is 3. The number of benzene rings is 1. The summed E-state index contributed by atoms with van der Waals surface area (Å²) in [6.07, 6.45) is 2.19. The highest BCUT2D eigenvalue weighted by molar-refractivity contribution is 9.10. The fraction of sp³-hybridized carbons (Fsp3) is 0.538. The topological polar surface area (TPSA) is 55.5 Å². The molecule has 0 radical (unpaired) electrons. The van der Waals surface area contributed by atoms with Crippen molar-refractivity contribution in [2.24, 2.45) is 5.73 Å². The Balaban J connectivity index is 2.62. The molecule has 3 N–H and O–H groups in total. The molecule has 1 unspecified atom stereocenters. The Kier molecular flexibility index (Phi) is 3.12. The lowest BCUT2D eigenvalue weighted by molar-refractivity contribution is 0.368. The van der Waals surface area contributed by atoms with E-state index >= 15 is 0 Å². The van der Waals surface area contributed by atoms with Crippen LogP contribution in [0.4, 0.5) is 0 Å². The maximum absolute atomic E-state index is 9.84. The maximum Gasteiger partial charge on any atom is 0.174 e. The molecular formula is C13H18BrNO2. The van der Waals surface area contributed by atoms with E-state index in [9.17, 15) is 5.11 Å². The number of phenols is 1. The van der Waals surface area contributed by atoms with Crippen molar-refractivity contribution in [1.82, 2.24) is 0 Å². The summed E-state index contributed by atoms with van der Waals surface area (Å²) in [6.45, 7) is 4.04. The third-order valence-corrected chi connectivity index (χ3v) is 4.52. The van der Waals surface area contributed by atoms with Gasteiger partial charge in [-0.15, -0.1) is 0 Å². The normalized spacial score (nSPS) is 18.9. The molecule has 0 heterocycles. The van der Waals surface area contributed by atoms with Gasteiger partial charge < -0.3 is 15.6 Å². The van der Waals surface area contributed by atoms with Crippen LogP contribution in [0.3, 0.4) is 0 Å². The van der Waals surface area contributed by atoms with E-state index in [2.05, 4.69) is 15.9 Å². The fourth-order valence-corrected chi connectivity index (χ4v) is 3.69. The summed E-state index contributed by atoms with van der Waals surface area (Å²) < 4.78 is 6.08. The Morgan fingerprint density at radius 2 is 2.12 bits per heavy atom. The molecule has 3 nitrogen and oxygen atoms in total. The number of hydrogen-bond donors (Lipinski definition) is 2. The van der Waals surface area contributed by atoms with Crippen LogP contribution < -0.4 is 10.5 Å². The minimum absolute atomic E-state index is 0.0455. The molecule has 2 rings (SSSR count). The van der Waals surface area contributed by atoms with Gasteiger partial charge in [-0.1, -0.05) is 0 Å². The second-order valence-corrected chi connectivity index (χ2v) is 5.67. The van der Waals surface area contributed by atoms with Crippen LogP contribution in [0.2, 0.25) is 0 Å². The Morgan fingerprint density at radius 3 is 2.53 bits per heavy atom. The van der Waals surface area contributed by atoms with Crippen molar-refractivity contribution in [3.8, 4) is 11.5 Å². The quantitative estimate of drug-likeness (QED) is 0.902. The highest BCUT2D eigenvalue weighted by Crippen LogP contribution is 2.56. The Labute approximate surface area is 110 Å². The van der Waals surface area contributed by atoms with Crippen LogP contribution in [0.15, 0.2) is 10.5 Å². The lowest BCUT2D eigenvalue weighted by atomic mass is 9.86. The number of aromatic hydroxyl groups is 1. The number of halogens is 1. The molecule has 0 bridgehead atoms. The van der Waals surface area contributed by atoms with Gasteiger partial charge in [-0.3, -0.25) is 0 Å². The lowest BCUT2D eigenvalue weighted by Crippen LogP contribution is -2.32. The predicted octanol–water partition coefficient (Wildman–Crippen LogP) is 2.85. The van der Waals surface area contributed by atoms with E-state index in [4.69, 9.17) is 10.5 Å². The molecule has 4 heteroatoms. The van der Waals surface area contributed by atoms with E-state index in [1.165, 1.54) is 5.56 Å². The van der Waals surface area contributed by atoms with Crippen molar-refractivity contribution in [2.75, 3.05) is 7.11 Å². The van der Waals surface area contributed by atoms with Gasteiger partial charge in [0.2, 0.25) is 0 Å². The van der Waals surface area contributed by atoms with E-state index in [1.54, 1.807) is 13.2 Å². The molecule has 1 atom stereocenters. The van der Waals surface area contributed by atoms with Gasteiger partial charge in [0.15, 0.2) is 11.5 Å². The predicted molar refractivity (Wildman–Crippen MR) is 71.7 cm³/mol. The summed E-state index contributed by atoms with van der Waals surface area (Å²) in [5, 5.41) is 9.84. The van der Waals surface area contributed by atoms with Gasteiger partial charge in [-0.25, -0.2) is 0 Å². The van der Waals surface area contributed by atoms with Gasteiger partial charge >= 0.3 is 0 Å². The SMILES string of the molecule is COc1c(O)cc(C)c(C2(C(C)N)CC2)c1Br. The van der Waals surface area contributed by atoms with E-state index in [0.717, 1.165) is 22.9 Å². The second-order valence-electron chi connectivity index (χ2n) is 4.88. The minimum Gasteiger partial charge on any atom is -0.504 e. The van der Waals surface area contributed by atoms with E-state index < -0.39 is 0 Å². The van der Waals surface area contributed by atoms with Crippen LogP contribution in [0.25, 0.3) is 0 Å². The molecule has 0 spiro atoms. The van der Waals surface area contributed by atoms with Crippen molar-refractivity contribution in [3.63, 3.8) is 0 Å². The van der Waals surface area contributed by atoms with Crippen LogP contribution in [0, 0.1) is 6.92 Å². The van der Waals surface area contributed by atoms with Crippen LogP contribution >= 0.6 is 15.9 Å². The molecule has 1 aromatic rings. The Bertz CT molecular complexity index is 453. The Morgan fingerprint density at radius 1 is 1.53 bits per heavy atom. The van der Waals surface area contributed by atoms with Crippen LogP contribution in [0.1, 0.15) is 30.9 Å². The fourth-order valence-electron chi connectivity index (χ4n) is 2.61. The van der Waals surface area contributed by atoms with Crippen LogP contribution in [0.5, 0.6) is 11.5 Å². The summed E-state index contributed by atoms with van der Waals surface area (Å²) >= 11 is 3.55. The third kappa shape index (κ3) is 1.83. The van der Waals surface area contributed by atoms with Crippen LogP contribution in [-0.2, 0) is 5.41 Å². The first-order valence-electron chi connectivity index (χ1n) is 5.76. The van der Waals surface area contributed by atoms with E-state index in [1.807, 2.05) is 13.8 Å². The summed E-state index contributed by atoms with van der Waals surface area (Å²) in [7, 11) is 1.56. The average molecular weight is 300 g/mol. The van der Waals surface area contributed by atoms with Gasteiger partial charge in [0.1, 0.15) is 0 Å². The van der Waals surface area contributed by atoms with Gasteiger partial charge in [0.05, 0.1) is 11.6 Å². The lowest BCUT2D eigenvalue weighted by Gasteiger charge is -2.25. The average Bonchev–Trinajstić information content (AvgIpc) is 2.98. The first kappa shape index (κ1) is 12.7. The second kappa shape index (κ2) is 4.18. The van der Waals surface area contributed by atoms with Gasteiger partial charge in [0.25, 0.3) is 0 Å². The summed E-state index contributed by atoms with van der Waals surface area (Å²) in [4.78, 5) is 0. The molecule has 0 aliphatic heterocycles. The molecule has 0 amide bonds. The molecule has 0 aromatic heterocycles. The Hall–Kier alpha value is -0.740. The number of ether oxygens (including phenoxy) is 1. The number of hydrogen-bond acceptors (Lipinski definition) is 3. The highest BCUT2D eigenvalue weighted by Gasteiger charge is 2.50. The van der Waals surface area contributed by atoms with Crippen molar-refractivity contribution in [3.05, 3.63) is 21.7 Å². The zero-order chi connectivity index (χ0) is 12.8. The zero-order valence-electron chi connectivity index (χ0n) is 10.4. The van der Waals surface area contributed by atoms with Gasteiger partial charge in [-0.05, 0) is 59.8 Å². The number of methoxy groups -OCH3 is 1. The maximum atomic E-state index is 9.84. The van der Waals surface area contributed by atoms with Gasteiger partial charge in [0, 0.05) is 11.5 Å². The number of nitrogens with two attached hydrogens (primary N) is 1. The first-order chi connectivity index (χ1) is 7.94. The third-order valence-electron chi connectivity index (χ3n) is 3.76. The molecule has 1 aromatic carbocycles. The molecule has 0 saturated heterocycles. The zero-order valence-corrected chi connectivity index (χ0v) is 12.0. The summed E-state index contributed by atoms with van der Waals surface area (Å²) in [5.74, 6) is 0.665. The molecular weight excluding hydrogens is 282 g/mol. The molecule has 1 aliphatic rings. The molecule has 1 fully saturated rings. The molecule has 17 heavy (non-hydrogen) atoms. The number of phenolic OH excluding ortho intramolecular Hbond substituents is 1. The van der Waals surface area contributed by atoms with Gasteiger partial charge in [-0.2, -0.15) is 0 Å². The first-order valence-corrected chi connectivity index (χ1v) is 6.55. The molecule has 1 saturated carbocycles. The van der Waals surface area contributed by atoms with Crippen molar-refractivity contribution in [2.45, 2.75) is 38.1 Å². The molecule has 1 aliphatic carbocycles. The van der Waals surface area contributed by atoms with Crippen molar-refractivity contribution in [1.29, 1.82) is 0 Å². The standard InChI is InChI=1S/C13H18BrNO2/c1-7-6-9(16)12(17-3)11(14)10(7)13(4-5-13)8(2)15/h6,8,16H,4-5,15H2,1-3H3.